The van der Waals surface area contributed by atoms with Crippen LogP contribution in [0.25, 0.3) is 0 Å². The summed E-state index contributed by atoms with van der Waals surface area (Å²) in [5.41, 5.74) is -0.0242. The highest BCUT2D eigenvalue weighted by Crippen LogP contribution is 2.29. The molecule has 1 aromatic heterocycles. The van der Waals surface area contributed by atoms with E-state index in [1.54, 1.807) is 6.92 Å². The predicted molar refractivity (Wildman–Crippen MR) is 91.8 cm³/mol. The Morgan fingerprint density at radius 2 is 2.04 bits per heavy atom. The molecule has 0 aliphatic rings. The molecule has 2 rings (SSSR count). The average molecular weight is 388 g/mol. The summed E-state index contributed by atoms with van der Waals surface area (Å²) in [5.74, 6) is -1.78. The molecule has 0 fully saturated rings. The Balaban J connectivity index is 2.38. The van der Waals surface area contributed by atoms with E-state index in [2.05, 4.69) is 15.2 Å². The molecule has 0 unspecified atom stereocenters. The van der Waals surface area contributed by atoms with Gasteiger partial charge in [0, 0.05) is 36.7 Å². The van der Waals surface area contributed by atoms with Crippen molar-refractivity contribution < 1.29 is 22.3 Å². The van der Waals surface area contributed by atoms with Crippen LogP contribution in [0, 0.1) is 11.6 Å². The molecule has 2 aromatic rings. The molecule has 7 nitrogen and oxygen atoms in total. The van der Waals surface area contributed by atoms with Crippen molar-refractivity contribution in [2.24, 2.45) is 0 Å². The van der Waals surface area contributed by atoms with Crippen LogP contribution in [0.3, 0.4) is 0 Å². The van der Waals surface area contributed by atoms with Crippen molar-refractivity contribution in [3.05, 3.63) is 47.0 Å². The molecule has 26 heavy (non-hydrogen) atoms. The first-order chi connectivity index (χ1) is 12.3. The number of hydrogen-bond acceptors (Lipinski definition) is 5. The van der Waals surface area contributed by atoms with Crippen molar-refractivity contribution in [1.29, 1.82) is 0 Å². The molecular formula is C16H22F2N4O3S. The van der Waals surface area contributed by atoms with Crippen LogP contribution < -0.4 is 0 Å². The number of aromatic amines is 1. The van der Waals surface area contributed by atoms with Crippen molar-refractivity contribution in [3.63, 3.8) is 0 Å². The largest absolute Gasteiger partial charge is 0.396 e. The van der Waals surface area contributed by atoms with E-state index in [-0.39, 0.29) is 37.2 Å². The lowest BCUT2D eigenvalue weighted by atomic mass is 9.93. The molecule has 0 aliphatic heterocycles. The standard InChI is InChI=1S/C16H22F2N4O3S/c1-3-5-22(26(2,24)25)9-11-7-15(18)13(8-14(11)17)12(4-6-23)16-19-10-20-21-16/h7-8,10,12,23H,3-6,9H2,1-2H3,(H,19,20,21)/t12-/m1/s1. The van der Waals surface area contributed by atoms with Gasteiger partial charge in [-0.25, -0.2) is 22.2 Å². The third-order valence-electron chi connectivity index (χ3n) is 4.01. The van der Waals surface area contributed by atoms with Gasteiger partial charge in [0.15, 0.2) is 0 Å². The van der Waals surface area contributed by atoms with Crippen LogP contribution in [0.4, 0.5) is 8.78 Å². The van der Waals surface area contributed by atoms with Gasteiger partial charge in [-0.2, -0.15) is 9.40 Å². The number of aromatic nitrogens is 3. The maximum atomic E-state index is 14.6. The molecule has 1 aromatic carbocycles. The second kappa shape index (κ2) is 8.65. The number of benzene rings is 1. The highest BCUT2D eigenvalue weighted by molar-refractivity contribution is 7.88. The maximum absolute atomic E-state index is 14.6. The highest BCUT2D eigenvalue weighted by Gasteiger charge is 2.24. The molecule has 1 heterocycles. The zero-order chi connectivity index (χ0) is 19.3. The van der Waals surface area contributed by atoms with Gasteiger partial charge in [0.1, 0.15) is 23.8 Å². The molecule has 1 atom stereocenters. The van der Waals surface area contributed by atoms with E-state index in [1.165, 1.54) is 6.33 Å². The summed E-state index contributed by atoms with van der Waals surface area (Å²) in [7, 11) is -3.54. The van der Waals surface area contributed by atoms with Crippen LogP contribution in [0.2, 0.25) is 0 Å². The monoisotopic (exact) mass is 388 g/mol. The fourth-order valence-corrected chi connectivity index (χ4v) is 3.63. The van der Waals surface area contributed by atoms with Gasteiger partial charge in [0.2, 0.25) is 10.0 Å². The van der Waals surface area contributed by atoms with Crippen LogP contribution in [-0.4, -0.2) is 52.4 Å². The molecule has 144 valence electrons. The van der Waals surface area contributed by atoms with Gasteiger partial charge in [-0.05, 0) is 25.0 Å². The number of hydrogen-bond donors (Lipinski definition) is 2. The lowest BCUT2D eigenvalue weighted by Gasteiger charge is -2.21. The summed E-state index contributed by atoms with van der Waals surface area (Å²) >= 11 is 0. The summed E-state index contributed by atoms with van der Waals surface area (Å²) in [5, 5.41) is 15.5. The summed E-state index contributed by atoms with van der Waals surface area (Å²) in [4.78, 5) is 3.96. The van der Waals surface area contributed by atoms with Gasteiger partial charge in [0.05, 0.1) is 6.26 Å². The highest BCUT2D eigenvalue weighted by atomic mass is 32.2. The Hall–Kier alpha value is -1.91. The number of aliphatic hydroxyl groups is 1. The van der Waals surface area contributed by atoms with Gasteiger partial charge < -0.3 is 5.11 Å². The average Bonchev–Trinajstić information content (AvgIpc) is 3.08. The van der Waals surface area contributed by atoms with Gasteiger partial charge in [0.25, 0.3) is 0 Å². The van der Waals surface area contributed by atoms with Crippen molar-refractivity contribution in [1.82, 2.24) is 19.5 Å². The Labute approximate surface area is 151 Å². The summed E-state index contributed by atoms with van der Waals surface area (Å²) in [6, 6.07) is 2.03. The van der Waals surface area contributed by atoms with Gasteiger partial charge in [-0.15, -0.1) is 0 Å². The zero-order valence-corrected chi connectivity index (χ0v) is 15.4. The number of halogens is 2. The minimum Gasteiger partial charge on any atom is -0.396 e. The van der Waals surface area contributed by atoms with Crippen molar-refractivity contribution in [3.8, 4) is 0 Å². The molecule has 0 amide bonds. The first kappa shape index (κ1) is 20.4. The number of rotatable bonds is 9. The third kappa shape index (κ3) is 4.83. The fourth-order valence-electron chi connectivity index (χ4n) is 2.74. The zero-order valence-electron chi connectivity index (χ0n) is 14.6. The van der Waals surface area contributed by atoms with E-state index in [1.807, 2.05) is 0 Å². The molecule has 0 aliphatic carbocycles. The lowest BCUT2D eigenvalue weighted by Crippen LogP contribution is -2.30. The summed E-state index contributed by atoms with van der Waals surface area (Å²) in [6.07, 6.45) is 2.97. The molecule has 10 heteroatoms. The quantitative estimate of drug-likeness (QED) is 0.682. The normalized spacial score (nSPS) is 13.3. The lowest BCUT2D eigenvalue weighted by molar-refractivity contribution is 0.279. The first-order valence-electron chi connectivity index (χ1n) is 8.17. The molecule has 0 bridgehead atoms. The molecule has 0 saturated heterocycles. The van der Waals surface area contributed by atoms with Crippen LogP contribution in [0.5, 0.6) is 0 Å². The minimum absolute atomic E-state index is 0.0263. The third-order valence-corrected chi connectivity index (χ3v) is 5.26. The fraction of sp³-hybridized carbons (Fsp3) is 0.500. The second-order valence-electron chi connectivity index (χ2n) is 6.00. The van der Waals surface area contributed by atoms with E-state index in [0.717, 1.165) is 22.7 Å². The molecule has 0 saturated carbocycles. The number of H-pyrrole nitrogens is 1. The number of nitrogens with zero attached hydrogens (tertiary/aromatic N) is 3. The van der Waals surface area contributed by atoms with Crippen molar-refractivity contribution >= 4 is 10.0 Å². The first-order valence-corrected chi connectivity index (χ1v) is 10.0. The second-order valence-corrected chi connectivity index (χ2v) is 7.98. The Kier molecular flexibility index (Phi) is 6.79. The van der Waals surface area contributed by atoms with Gasteiger partial charge >= 0.3 is 0 Å². The number of sulfonamides is 1. The van der Waals surface area contributed by atoms with Crippen LogP contribution >= 0.6 is 0 Å². The van der Waals surface area contributed by atoms with E-state index in [4.69, 9.17) is 0 Å². The molecular weight excluding hydrogens is 366 g/mol. The minimum atomic E-state index is -3.54. The predicted octanol–water partition coefficient (Wildman–Crippen LogP) is 1.77. The maximum Gasteiger partial charge on any atom is 0.211 e. The molecule has 2 N–H and O–H groups in total. The van der Waals surface area contributed by atoms with E-state index >= 15 is 0 Å². The number of aliphatic hydroxyl groups excluding tert-OH is 1. The molecule has 0 radical (unpaired) electrons. The Bertz CT molecular complexity index is 828. The Morgan fingerprint density at radius 3 is 2.58 bits per heavy atom. The smallest absolute Gasteiger partial charge is 0.211 e. The van der Waals surface area contributed by atoms with E-state index in [9.17, 15) is 22.3 Å². The van der Waals surface area contributed by atoms with E-state index < -0.39 is 27.6 Å². The van der Waals surface area contributed by atoms with Crippen LogP contribution in [0.1, 0.15) is 42.6 Å². The Morgan fingerprint density at radius 1 is 1.31 bits per heavy atom. The summed E-state index contributed by atoms with van der Waals surface area (Å²) < 4.78 is 53.9. The van der Waals surface area contributed by atoms with Crippen molar-refractivity contribution in [2.45, 2.75) is 32.2 Å². The van der Waals surface area contributed by atoms with E-state index in [0.29, 0.717) is 12.2 Å². The van der Waals surface area contributed by atoms with Crippen LogP contribution in [0.15, 0.2) is 18.5 Å². The van der Waals surface area contributed by atoms with Gasteiger partial charge in [-0.1, -0.05) is 6.92 Å². The SMILES string of the molecule is CCCN(Cc1cc(F)c([C@@H](CCO)c2ncn[nH]2)cc1F)S(C)(=O)=O. The number of nitrogens with one attached hydrogen (secondary N) is 1. The summed E-state index contributed by atoms with van der Waals surface area (Å²) in [6.45, 7) is 1.52. The molecule has 0 spiro atoms. The van der Waals surface area contributed by atoms with Crippen molar-refractivity contribution in [2.75, 3.05) is 19.4 Å². The van der Waals surface area contributed by atoms with Gasteiger partial charge in [-0.3, -0.25) is 5.10 Å². The van der Waals surface area contributed by atoms with Crippen LogP contribution in [-0.2, 0) is 16.6 Å². The topological polar surface area (TPSA) is 99.2 Å².